The Labute approximate surface area is 104 Å². The summed E-state index contributed by atoms with van der Waals surface area (Å²) in [6, 6.07) is 0.766. The van der Waals surface area contributed by atoms with E-state index in [1.165, 1.54) is 32.1 Å². The molecule has 1 saturated carbocycles. The molecule has 0 aromatic carbocycles. The third kappa shape index (κ3) is 3.80. The van der Waals surface area contributed by atoms with Crippen molar-refractivity contribution in [2.24, 2.45) is 0 Å². The van der Waals surface area contributed by atoms with Gasteiger partial charge in [0, 0.05) is 12.6 Å². The van der Waals surface area contributed by atoms with Crippen molar-refractivity contribution in [3.63, 3.8) is 0 Å². The Kier molecular flexibility index (Phi) is 4.54. The first kappa shape index (κ1) is 12.6. The molecule has 4 nitrogen and oxygen atoms in total. The van der Waals surface area contributed by atoms with Gasteiger partial charge in [0.15, 0.2) is 0 Å². The van der Waals surface area contributed by atoms with Gasteiger partial charge in [0.1, 0.15) is 11.6 Å². The molecule has 1 aromatic heterocycles. The maximum Gasteiger partial charge on any atom is 0.147 e. The second-order valence-electron chi connectivity index (χ2n) is 5.07. The van der Waals surface area contributed by atoms with Crippen LogP contribution >= 0.6 is 0 Å². The van der Waals surface area contributed by atoms with Crippen LogP contribution < -0.4 is 5.32 Å². The Balaban J connectivity index is 1.64. The fraction of sp³-hybridized carbons (Fsp3) is 0.846. The van der Waals surface area contributed by atoms with Crippen LogP contribution in [0.15, 0.2) is 0 Å². The number of nitrogens with one attached hydrogen (secondary N) is 1. The van der Waals surface area contributed by atoms with E-state index < -0.39 is 0 Å². The summed E-state index contributed by atoms with van der Waals surface area (Å²) in [5, 5.41) is 8.03. The minimum atomic E-state index is 0.766. The summed E-state index contributed by atoms with van der Waals surface area (Å²) in [4.78, 5) is 4.31. The predicted octanol–water partition coefficient (Wildman–Crippen LogP) is 2.21. The Morgan fingerprint density at radius 1 is 1.24 bits per heavy atom. The van der Waals surface area contributed by atoms with Gasteiger partial charge in [0.25, 0.3) is 0 Å². The molecule has 0 amide bonds. The molecular formula is C13H24N4. The number of nitrogens with zero attached hydrogens (tertiary/aromatic N) is 3. The molecule has 2 rings (SSSR count). The van der Waals surface area contributed by atoms with Gasteiger partial charge in [0.05, 0.1) is 0 Å². The summed E-state index contributed by atoms with van der Waals surface area (Å²) in [6.07, 6.45) is 8.09. The molecule has 0 atom stereocenters. The molecule has 1 heterocycles. The lowest BCUT2D eigenvalue weighted by molar-refractivity contribution is 0.366. The molecule has 1 aromatic rings. The normalized spacial score (nSPS) is 17.5. The van der Waals surface area contributed by atoms with Crippen LogP contribution in [-0.2, 0) is 6.54 Å². The SMILES string of the molecule is Cc1nc(C)n(CCCNC2CCCCC2)n1. The Bertz CT molecular complexity index is 339. The highest BCUT2D eigenvalue weighted by molar-refractivity contribution is 4.87. The van der Waals surface area contributed by atoms with Crippen molar-refractivity contribution in [1.82, 2.24) is 20.1 Å². The van der Waals surface area contributed by atoms with Crippen molar-refractivity contribution in [2.75, 3.05) is 6.54 Å². The zero-order valence-electron chi connectivity index (χ0n) is 11.1. The van der Waals surface area contributed by atoms with E-state index in [0.717, 1.165) is 37.2 Å². The third-order valence-electron chi connectivity index (χ3n) is 3.55. The minimum Gasteiger partial charge on any atom is -0.314 e. The number of aromatic nitrogens is 3. The van der Waals surface area contributed by atoms with Gasteiger partial charge in [0.2, 0.25) is 0 Å². The summed E-state index contributed by atoms with van der Waals surface area (Å²) in [7, 11) is 0. The second kappa shape index (κ2) is 6.15. The molecule has 17 heavy (non-hydrogen) atoms. The highest BCUT2D eigenvalue weighted by atomic mass is 15.3. The average Bonchev–Trinajstić information content (AvgIpc) is 2.65. The largest absolute Gasteiger partial charge is 0.314 e. The van der Waals surface area contributed by atoms with Crippen LogP contribution in [0, 0.1) is 13.8 Å². The molecule has 1 aliphatic rings. The molecule has 96 valence electrons. The van der Waals surface area contributed by atoms with Crippen molar-refractivity contribution in [1.29, 1.82) is 0 Å². The second-order valence-corrected chi connectivity index (χ2v) is 5.07. The Morgan fingerprint density at radius 2 is 2.00 bits per heavy atom. The monoisotopic (exact) mass is 236 g/mol. The number of hydrogen-bond donors (Lipinski definition) is 1. The van der Waals surface area contributed by atoms with Gasteiger partial charge in [-0.15, -0.1) is 0 Å². The van der Waals surface area contributed by atoms with Gasteiger partial charge in [-0.05, 0) is 39.7 Å². The molecule has 1 aliphatic carbocycles. The average molecular weight is 236 g/mol. The van der Waals surface area contributed by atoms with E-state index in [4.69, 9.17) is 0 Å². The van der Waals surface area contributed by atoms with Crippen LogP contribution in [-0.4, -0.2) is 27.4 Å². The van der Waals surface area contributed by atoms with Crippen LogP contribution in [0.2, 0.25) is 0 Å². The molecule has 0 bridgehead atoms. The van der Waals surface area contributed by atoms with E-state index in [2.05, 4.69) is 15.4 Å². The molecule has 1 fully saturated rings. The predicted molar refractivity (Wildman–Crippen MR) is 69.0 cm³/mol. The van der Waals surface area contributed by atoms with Crippen LogP contribution in [0.4, 0.5) is 0 Å². The fourth-order valence-corrected chi connectivity index (χ4v) is 2.61. The molecule has 0 spiro atoms. The summed E-state index contributed by atoms with van der Waals surface area (Å²) in [6.45, 7) is 6.05. The minimum absolute atomic E-state index is 0.766. The van der Waals surface area contributed by atoms with Gasteiger partial charge in [-0.3, -0.25) is 4.68 Å². The zero-order valence-corrected chi connectivity index (χ0v) is 11.1. The van der Waals surface area contributed by atoms with Gasteiger partial charge in [-0.1, -0.05) is 19.3 Å². The van der Waals surface area contributed by atoms with Crippen LogP contribution in [0.3, 0.4) is 0 Å². The van der Waals surface area contributed by atoms with Gasteiger partial charge < -0.3 is 5.32 Å². The first-order valence-corrected chi connectivity index (χ1v) is 6.87. The maximum atomic E-state index is 4.37. The first-order chi connectivity index (χ1) is 8.25. The quantitative estimate of drug-likeness (QED) is 0.797. The molecule has 0 radical (unpaired) electrons. The summed E-state index contributed by atoms with van der Waals surface area (Å²) >= 11 is 0. The van der Waals surface area contributed by atoms with Crippen LogP contribution in [0.1, 0.15) is 50.2 Å². The molecule has 1 N–H and O–H groups in total. The summed E-state index contributed by atoms with van der Waals surface area (Å²) in [5.41, 5.74) is 0. The van der Waals surface area contributed by atoms with E-state index in [0.29, 0.717) is 0 Å². The van der Waals surface area contributed by atoms with E-state index in [9.17, 15) is 0 Å². The summed E-state index contributed by atoms with van der Waals surface area (Å²) < 4.78 is 2.01. The summed E-state index contributed by atoms with van der Waals surface area (Å²) in [5.74, 6) is 1.91. The van der Waals surface area contributed by atoms with Crippen molar-refractivity contribution >= 4 is 0 Å². The lowest BCUT2D eigenvalue weighted by Gasteiger charge is -2.22. The number of aryl methyl sites for hydroxylation is 3. The molecular weight excluding hydrogens is 212 g/mol. The van der Waals surface area contributed by atoms with Crippen LogP contribution in [0.25, 0.3) is 0 Å². The van der Waals surface area contributed by atoms with Gasteiger partial charge >= 0.3 is 0 Å². The highest BCUT2D eigenvalue weighted by Gasteiger charge is 2.11. The Morgan fingerprint density at radius 3 is 2.65 bits per heavy atom. The number of hydrogen-bond acceptors (Lipinski definition) is 3. The van der Waals surface area contributed by atoms with Crippen molar-refractivity contribution in [2.45, 2.75) is 65.0 Å². The van der Waals surface area contributed by atoms with Crippen molar-refractivity contribution in [3.05, 3.63) is 11.6 Å². The fourth-order valence-electron chi connectivity index (χ4n) is 2.61. The zero-order chi connectivity index (χ0) is 12.1. The first-order valence-electron chi connectivity index (χ1n) is 6.87. The Hall–Kier alpha value is -0.900. The van der Waals surface area contributed by atoms with E-state index >= 15 is 0 Å². The van der Waals surface area contributed by atoms with E-state index in [1.807, 2.05) is 18.5 Å². The van der Waals surface area contributed by atoms with Gasteiger partial charge in [-0.25, -0.2) is 4.98 Å². The molecule has 0 aliphatic heterocycles. The van der Waals surface area contributed by atoms with Crippen LogP contribution in [0.5, 0.6) is 0 Å². The highest BCUT2D eigenvalue weighted by Crippen LogP contribution is 2.17. The molecule has 4 heteroatoms. The van der Waals surface area contributed by atoms with E-state index in [-0.39, 0.29) is 0 Å². The smallest absolute Gasteiger partial charge is 0.147 e. The lowest BCUT2D eigenvalue weighted by atomic mass is 9.95. The molecule has 0 unspecified atom stereocenters. The maximum absolute atomic E-state index is 4.37. The van der Waals surface area contributed by atoms with Gasteiger partial charge in [-0.2, -0.15) is 5.10 Å². The van der Waals surface area contributed by atoms with Crippen molar-refractivity contribution < 1.29 is 0 Å². The van der Waals surface area contributed by atoms with Crippen molar-refractivity contribution in [3.8, 4) is 0 Å². The molecule has 0 saturated heterocycles. The third-order valence-corrected chi connectivity index (χ3v) is 3.55. The topological polar surface area (TPSA) is 42.7 Å². The van der Waals surface area contributed by atoms with E-state index in [1.54, 1.807) is 0 Å². The standard InChI is InChI=1S/C13H24N4/c1-11-15-12(2)17(16-11)10-6-9-14-13-7-4-3-5-8-13/h13-14H,3-10H2,1-2H3. The lowest BCUT2D eigenvalue weighted by Crippen LogP contribution is -2.32. The number of rotatable bonds is 5.